The van der Waals surface area contributed by atoms with E-state index in [4.69, 9.17) is 13.9 Å². The van der Waals surface area contributed by atoms with Gasteiger partial charge >= 0.3 is 0 Å². The molecule has 0 radical (unpaired) electrons. The first-order chi connectivity index (χ1) is 14.7. The van der Waals surface area contributed by atoms with Crippen molar-refractivity contribution in [2.75, 3.05) is 0 Å². The highest BCUT2D eigenvalue weighted by Gasteiger charge is 2.43. The normalized spacial score (nSPS) is 26.1. The number of aliphatic hydroxyl groups is 3. The van der Waals surface area contributed by atoms with Crippen LogP contribution in [0.1, 0.15) is 6.92 Å². The number of phenols is 3. The molecule has 10 nitrogen and oxygen atoms in total. The molecule has 1 saturated heterocycles. The Morgan fingerprint density at radius 2 is 1.58 bits per heavy atom. The summed E-state index contributed by atoms with van der Waals surface area (Å²) in [6.45, 7) is 1.45. The van der Waals surface area contributed by atoms with Crippen LogP contribution in [-0.4, -0.2) is 61.3 Å². The maximum absolute atomic E-state index is 12.7. The van der Waals surface area contributed by atoms with Crippen LogP contribution in [0.4, 0.5) is 0 Å². The average molecular weight is 432 g/mol. The van der Waals surface area contributed by atoms with Crippen molar-refractivity contribution in [3.63, 3.8) is 0 Å². The van der Waals surface area contributed by atoms with Crippen LogP contribution >= 0.6 is 0 Å². The van der Waals surface area contributed by atoms with Gasteiger partial charge in [0.25, 0.3) is 0 Å². The first kappa shape index (κ1) is 20.9. The quantitative estimate of drug-likeness (QED) is 0.348. The van der Waals surface area contributed by atoms with Gasteiger partial charge in [-0.2, -0.15) is 0 Å². The summed E-state index contributed by atoms with van der Waals surface area (Å²) < 4.78 is 16.7. The molecule has 1 fully saturated rings. The summed E-state index contributed by atoms with van der Waals surface area (Å²) >= 11 is 0. The van der Waals surface area contributed by atoms with Gasteiger partial charge in [0.1, 0.15) is 41.0 Å². The summed E-state index contributed by atoms with van der Waals surface area (Å²) in [5.74, 6) is -1.52. The lowest BCUT2D eigenvalue weighted by Crippen LogP contribution is -2.58. The van der Waals surface area contributed by atoms with Crippen molar-refractivity contribution >= 4 is 11.0 Å². The van der Waals surface area contributed by atoms with Gasteiger partial charge < -0.3 is 44.5 Å². The highest BCUT2D eigenvalue weighted by molar-refractivity contribution is 5.91. The lowest BCUT2D eigenvalue weighted by Gasteiger charge is -2.38. The van der Waals surface area contributed by atoms with E-state index in [0.717, 1.165) is 12.1 Å². The van der Waals surface area contributed by atoms with Crippen molar-refractivity contribution in [1.29, 1.82) is 0 Å². The van der Waals surface area contributed by atoms with Crippen LogP contribution in [0, 0.1) is 0 Å². The molecule has 31 heavy (non-hydrogen) atoms. The van der Waals surface area contributed by atoms with E-state index in [1.54, 1.807) is 0 Å². The van der Waals surface area contributed by atoms with Gasteiger partial charge in [-0.05, 0) is 31.2 Å². The van der Waals surface area contributed by atoms with Gasteiger partial charge in [-0.25, -0.2) is 0 Å². The minimum atomic E-state index is -1.68. The Labute approximate surface area is 174 Å². The summed E-state index contributed by atoms with van der Waals surface area (Å²) in [4.78, 5) is 12.7. The second kappa shape index (κ2) is 7.75. The maximum atomic E-state index is 12.7. The fourth-order valence-corrected chi connectivity index (χ4v) is 3.39. The van der Waals surface area contributed by atoms with Crippen LogP contribution in [0.15, 0.2) is 45.6 Å². The Kier molecular flexibility index (Phi) is 5.23. The molecule has 0 amide bonds. The van der Waals surface area contributed by atoms with E-state index in [9.17, 15) is 35.4 Å². The number of fused-ring (bicyclic) bond motifs is 1. The van der Waals surface area contributed by atoms with Gasteiger partial charge in [0.05, 0.1) is 6.10 Å². The summed E-state index contributed by atoms with van der Waals surface area (Å²) in [5.41, 5.74) is -0.538. The molecule has 4 rings (SSSR count). The molecule has 1 aromatic heterocycles. The largest absolute Gasteiger partial charge is 0.508 e. The van der Waals surface area contributed by atoms with Crippen molar-refractivity contribution in [3.8, 4) is 34.3 Å². The van der Waals surface area contributed by atoms with Gasteiger partial charge in [-0.1, -0.05) is 0 Å². The Hall–Kier alpha value is -3.31. The van der Waals surface area contributed by atoms with E-state index in [0.29, 0.717) is 5.56 Å². The summed E-state index contributed by atoms with van der Waals surface area (Å²) in [6.07, 6.45) is -7.05. The fourth-order valence-electron chi connectivity index (χ4n) is 3.39. The third-order valence-corrected chi connectivity index (χ3v) is 5.11. The number of aliphatic hydroxyl groups excluding tert-OH is 3. The van der Waals surface area contributed by atoms with Crippen LogP contribution in [0.3, 0.4) is 0 Å². The number of hydrogen-bond donors (Lipinski definition) is 6. The zero-order valence-electron chi connectivity index (χ0n) is 16.2. The predicted octanol–water partition coefficient (Wildman–Crippen LogP) is 0.783. The molecule has 0 unspecified atom stereocenters. The molecule has 2 heterocycles. The zero-order chi connectivity index (χ0) is 22.4. The van der Waals surface area contributed by atoms with Gasteiger partial charge in [-0.15, -0.1) is 0 Å². The minimum absolute atomic E-state index is 0.00416. The van der Waals surface area contributed by atoms with Crippen molar-refractivity contribution < 1.29 is 44.5 Å². The lowest BCUT2D eigenvalue weighted by molar-refractivity contribution is -0.268. The van der Waals surface area contributed by atoms with Crippen LogP contribution in [0.2, 0.25) is 0 Å². The Morgan fingerprint density at radius 3 is 2.26 bits per heavy atom. The standard InChI is InChI=1S/C21H20O10/c1-8-16(26)17(27)18(28)21(29-8)31-19-13(25)6-11(23)15-12(24)7-14(30-20(15)19)9-2-4-10(22)5-3-9/h2-8,16-18,21-23,25-28H,1H3/t8-,16-,17+,18+,21-/m0/s1. The Balaban J connectivity index is 1.85. The molecule has 0 aliphatic carbocycles. The molecule has 3 aromatic rings. The molecule has 10 heteroatoms. The van der Waals surface area contributed by atoms with Gasteiger partial charge in [0, 0.05) is 17.7 Å². The molecule has 1 aliphatic heterocycles. The topological polar surface area (TPSA) is 170 Å². The maximum Gasteiger partial charge on any atom is 0.229 e. The molecule has 0 spiro atoms. The number of phenolic OH excluding ortho intramolecular Hbond substituents is 3. The number of aromatic hydroxyl groups is 3. The highest BCUT2D eigenvalue weighted by atomic mass is 16.7. The van der Waals surface area contributed by atoms with E-state index in [2.05, 4.69) is 0 Å². The second-order valence-electron chi connectivity index (χ2n) is 7.27. The van der Waals surface area contributed by atoms with Gasteiger partial charge in [0.2, 0.25) is 12.0 Å². The van der Waals surface area contributed by atoms with Crippen molar-refractivity contribution in [3.05, 3.63) is 46.6 Å². The first-order valence-corrected chi connectivity index (χ1v) is 9.36. The third kappa shape index (κ3) is 3.66. The van der Waals surface area contributed by atoms with E-state index >= 15 is 0 Å². The van der Waals surface area contributed by atoms with Crippen LogP contribution in [0.5, 0.6) is 23.0 Å². The van der Waals surface area contributed by atoms with E-state index < -0.39 is 53.4 Å². The first-order valence-electron chi connectivity index (χ1n) is 9.36. The Morgan fingerprint density at radius 1 is 0.903 bits per heavy atom. The van der Waals surface area contributed by atoms with E-state index in [-0.39, 0.29) is 22.5 Å². The molecular formula is C21H20O10. The van der Waals surface area contributed by atoms with Crippen molar-refractivity contribution in [2.24, 2.45) is 0 Å². The van der Waals surface area contributed by atoms with E-state index in [1.807, 2.05) is 0 Å². The average Bonchev–Trinajstić information content (AvgIpc) is 2.72. The minimum Gasteiger partial charge on any atom is -0.508 e. The summed E-state index contributed by atoms with van der Waals surface area (Å²) in [6, 6.07) is 7.77. The lowest BCUT2D eigenvalue weighted by atomic mass is 10.00. The molecule has 5 atom stereocenters. The Bertz CT molecular complexity index is 1170. The monoisotopic (exact) mass is 432 g/mol. The second-order valence-corrected chi connectivity index (χ2v) is 7.27. The summed E-state index contributed by atoms with van der Waals surface area (Å²) in [5, 5.41) is 59.7. The molecule has 1 aliphatic rings. The van der Waals surface area contributed by atoms with Crippen molar-refractivity contribution in [2.45, 2.75) is 37.6 Å². The van der Waals surface area contributed by atoms with Crippen molar-refractivity contribution in [1.82, 2.24) is 0 Å². The number of hydrogen-bond acceptors (Lipinski definition) is 10. The number of ether oxygens (including phenoxy) is 2. The van der Waals surface area contributed by atoms with Gasteiger partial charge in [-0.3, -0.25) is 4.79 Å². The molecular weight excluding hydrogens is 412 g/mol. The van der Waals surface area contributed by atoms with Crippen LogP contribution in [0.25, 0.3) is 22.3 Å². The molecule has 6 N–H and O–H groups in total. The highest BCUT2D eigenvalue weighted by Crippen LogP contribution is 2.42. The summed E-state index contributed by atoms with van der Waals surface area (Å²) in [7, 11) is 0. The van der Waals surface area contributed by atoms with Crippen LogP contribution in [-0.2, 0) is 4.74 Å². The number of benzene rings is 2. The number of rotatable bonds is 3. The molecule has 0 saturated carbocycles. The molecule has 0 bridgehead atoms. The van der Waals surface area contributed by atoms with E-state index in [1.165, 1.54) is 31.2 Å². The SMILES string of the molecule is C[C@@H]1O[C@@H](Oc2c(O)cc(O)c3c(=O)cc(-c4ccc(O)cc4)oc23)[C@H](O)[C@H](O)[C@H]1O. The third-order valence-electron chi connectivity index (χ3n) is 5.11. The zero-order valence-corrected chi connectivity index (χ0v) is 16.2. The molecule has 164 valence electrons. The van der Waals surface area contributed by atoms with Crippen LogP contribution < -0.4 is 10.2 Å². The van der Waals surface area contributed by atoms with Gasteiger partial charge in [0.15, 0.2) is 16.8 Å². The molecule has 2 aromatic carbocycles. The fraction of sp³-hybridized carbons (Fsp3) is 0.286. The smallest absolute Gasteiger partial charge is 0.229 e. The predicted molar refractivity (Wildman–Crippen MR) is 106 cm³/mol.